The van der Waals surface area contributed by atoms with E-state index in [1.165, 1.54) is 0 Å². The molecule has 0 saturated carbocycles. The highest BCUT2D eigenvalue weighted by molar-refractivity contribution is 5.91. The summed E-state index contributed by atoms with van der Waals surface area (Å²) in [5.41, 5.74) is 1.96. The van der Waals surface area contributed by atoms with Crippen molar-refractivity contribution in [1.82, 2.24) is 15.5 Å². The maximum Gasteiger partial charge on any atom is 0.411 e. The van der Waals surface area contributed by atoms with Crippen molar-refractivity contribution in [1.29, 1.82) is 0 Å². The number of ether oxygens (including phenoxy) is 1. The minimum absolute atomic E-state index is 0.135. The number of nitrogens with one attached hydrogen (secondary N) is 4. The van der Waals surface area contributed by atoms with Gasteiger partial charge in [-0.25, -0.2) is 4.79 Å². The first kappa shape index (κ1) is 35.3. The van der Waals surface area contributed by atoms with Crippen molar-refractivity contribution in [2.24, 2.45) is 11.3 Å². The summed E-state index contributed by atoms with van der Waals surface area (Å²) in [4.78, 5) is 41.7. The van der Waals surface area contributed by atoms with Crippen molar-refractivity contribution in [2.45, 2.75) is 78.6 Å². The summed E-state index contributed by atoms with van der Waals surface area (Å²) in [7, 11) is 5.32. The maximum atomic E-state index is 13.8. The molecule has 0 spiro atoms. The molecule has 0 aliphatic carbocycles. The molecule has 3 amide bonds. The molecule has 0 aliphatic heterocycles. The lowest BCUT2D eigenvalue weighted by molar-refractivity contribution is -0.140. The van der Waals surface area contributed by atoms with Crippen molar-refractivity contribution in [2.75, 3.05) is 31.8 Å². The zero-order chi connectivity index (χ0) is 32.5. The summed E-state index contributed by atoms with van der Waals surface area (Å²) < 4.78 is 5.41. The first-order valence-electron chi connectivity index (χ1n) is 14.7. The molecule has 0 bridgehead atoms. The van der Waals surface area contributed by atoms with Crippen LogP contribution in [0.4, 0.5) is 16.2 Å². The van der Waals surface area contributed by atoms with Crippen LogP contribution in [0.15, 0.2) is 61.2 Å². The zero-order valence-electron chi connectivity index (χ0n) is 27.5. The summed E-state index contributed by atoms with van der Waals surface area (Å²) in [6.45, 7) is 17.8. The summed E-state index contributed by atoms with van der Waals surface area (Å²) in [5, 5.41) is 12.0. The van der Waals surface area contributed by atoms with Gasteiger partial charge in [0.25, 0.3) is 0 Å². The molecule has 236 valence electrons. The van der Waals surface area contributed by atoms with Crippen LogP contribution < -0.4 is 21.3 Å². The van der Waals surface area contributed by atoms with Gasteiger partial charge in [0.1, 0.15) is 12.6 Å². The van der Waals surface area contributed by atoms with Gasteiger partial charge in [0.2, 0.25) is 11.8 Å². The van der Waals surface area contributed by atoms with Crippen molar-refractivity contribution >= 4 is 29.3 Å². The quantitative estimate of drug-likeness (QED) is 0.227. The van der Waals surface area contributed by atoms with E-state index < -0.39 is 29.0 Å². The third kappa shape index (κ3) is 9.32. The number of carbonyl (C=O) groups excluding carboxylic acids is 3. The van der Waals surface area contributed by atoms with Crippen molar-refractivity contribution in [3.8, 4) is 0 Å². The number of nitrogens with zero attached hydrogens (tertiary/aromatic N) is 1. The van der Waals surface area contributed by atoms with Gasteiger partial charge in [0.05, 0.1) is 12.1 Å². The molecule has 0 fully saturated rings. The summed E-state index contributed by atoms with van der Waals surface area (Å²) >= 11 is 0. The Morgan fingerprint density at radius 1 is 0.953 bits per heavy atom. The molecule has 0 aliphatic rings. The van der Waals surface area contributed by atoms with E-state index in [1.807, 2.05) is 98.0 Å². The van der Waals surface area contributed by atoms with Gasteiger partial charge < -0.3 is 25.6 Å². The predicted molar refractivity (Wildman–Crippen MR) is 175 cm³/mol. The van der Waals surface area contributed by atoms with Crippen molar-refractivity contribution in [3.05, 3.63) is 72.3 Å². The highest BCUT2D eigenvalue weighted by Crippen LogP contribution is 2.30. The molecule has 2 aromatic rings. The topological polar surface area (TPSA) is 112 Å². The lowest BCUT2D eigenvalue weighted by Crippen LogP contribution is -2.61. The summed E-state index contributed by atoms with van der Waals surface area (Å²) in [6, 6.07) is 13.4. The van der Waals surface area contributed by atoms with E-state index in [2.05, 4.69) is 27.8 Å². The number of amides is 3. The van der Waals surface area contributed by atoms with E-state index in [0.29, 0.717) is 5.69 Å². The Morgan fingerprint density at radius 2 is 1.58 bits per heavy atom. The zero-order valence-corrected chi connectivity index (χ0v) is 27.5. The van der Waals surface area contributed by atoms with Crippen LogP contribution in [0.3, 0.4) is 0 Å². The molecular formula is C34H51N5O4. The second-order valence-electron chi connectivity index (χ2n) is 12.9. The summed E-state index contributed by atoms with van der Waals surface area (Å²) in [5.74, 6) is -0.291. The Kier molecular flexibility index (Phi) is 12.4. The van der Waals surface area contributed by atoms with E-state index in [0.717, 1.165) is 16.8 Å². The first-order valence-corrected chi connectivity index (χ1v) is 14.7. The molecule has 9 nitrogen and oxygen atoms in total. The smallest absolute Gasteiger partial charge is 0.411 e. The van der Waals surface area contributed by atoms with Crippen molar-refractivity contribution in [3.63, 3.8) is 0 Å². The van der Waals surface area contributed by atoms with Gasteiger partial charge in [0.15, 0.2) is 0 Å². The third-order valence-electron chi connectivity index (χ3n) is 7.86. The van der Waals surface area contributed by atoms with E-state index in [1.54, 1.807) is 31.1 Å². The molecule has 2 rings (SSSR count). The SMILES string of the molecule is C=C[C@H](C(C)C)N(C)C(=O)[C@@H](NC(=O)C(NC)C(C)(C)c1cccc(NC(=O)OCc2ccc(NC)cc2)c1)C(C)(C)C. The minimum Gasteiger partial charge on any atom is -0.444 e. The van der Waals surface area contributed by atoms with Gasteiger partial charge in [-0.2, -0.15) is 0 Å². The van der Waals surface area contributed by atoms with Crippen LogP contribution in [0.1, 0.15) is 59.6 Å². The number of benzene rings is 2. The lowest BCUT2D eigenvalue weighted by atomic mass is 9.76. The second kappa shape index (κ2) is 15.0. The fraction of sp³-hybridized carbons (Fsp3) is 0.500. The third-order valence-corrected chi connectivity index (χ3v) is 7.86. The molecule has 3 atom stereocenters. The molecule has 0 saturated heterocycles. The normalized spacial score (nSPS) is 13.8. The minimum atomic E-state index is -0.755. The van der Waals surface area contributed by atoms with Gasteiger partial charge in [-0.15, -0.1) is 6.58 Å². The lowest BCUT2D eigenvalue weighted by Gasteiger charge is -2.39. The Bertz CT molecular complexity index is 1250. The molecule has 0 aromatic heterocycles. The predicted octanol–water partition coefficient (Wildman–Crippen LogP) is 5.54. The van der Waals surface area contributed by atoms with Crippen LogP contribution >= 0.6 is 0 Å². The number of likely N-dealkylation sites (N-methyl/N-ethyl adjacent to an activating group) is 2. The second-order valence-corrected chi connectivity index (χ2v) is 12.9. The van der Waals surface area contributed by atoms with Gasteiger partial charge in [-0.3, -0.25) is 14.9 Å². The Morgan fingerprint density at radius 3 is 2.09 bits per heavy atom. The summed E-state index contributed by atoms with van der Waals surface area (Å²) in [6.07, 6.45) is 1.19. The molecule has 43 heavy (non-hydrogen) atoms. The number of rotatable bonds is 13. The standard InChI is InChI=1S/C34H51N5O4/c1-12-27(22(2)3)39(11)31(41)29(33(4,5)6)38-30(40)28(36-10)34(7,8)24-14-13-15-26(20-24)37-32(42)43-21-23-16-18-25(35-9)19-17-23/h12-20,22,27-29,35-36H,1,21H2,2-11H3,(H,37,42)(H,38,40)/t27-,28?,29-/m1/s1. The Balaban J connectivity index is 2.20. The average Bonchev–Trinajstić information content (AvgIpc) is 2.94. The number of anilines is 2. The van der Waals surface area contributed by atoms with Crippen LogP contribution in [0, 0.1) is 11.3 Å². The molecule has 0 radical (unpaired) electrons. The first-order chi connectivity index (χ1) is 20.1. The average molecular weight is 594 g/mol. The van der Waals surface area contributed by atoms with E-state index in [9.17, 15) is 14.4 Å². The molecule has 4 N–H and O–H groups in total. The van der Waals surface area contributed by atoms with Crippen molar-refractivity contribution < 1.29 is 19.1 Å². The van der Waals surface area contributed by atoms with E-state index >= 15 is 0 Å². The maximum absolute atomic E-state index is 13.8. The fourth-order valence-electron chi connectivity index (χ4n) is 5.16. The van der Waals surface area contributed by atoms with Gasteiger partial charge in [0, 0.05) is 30.9 Å². The van der Waals surface area contributed by atoms with Gasteiger partial charge in [-0.05, 0) is 53.8 Å². The fourth-order valence-corrected chi connectivity index (χ4v) is 5.16. The monoisotopic (exact) mass is 593 g/mol. The highest BCUT2D eigenvalue weighted by atomic mass is 16.5. The molecule has 9 heteroatoms. The van der Waals surface area contributed by atoms with Gasteiger partial charge in [-0.1, -0.05) is 78.8 Å². The number of carbonyl (C=O) groups is 3. The molecule has 2 aromatic carbocycles. The molecule has 1 unspecified atom stereocenters. The van der Waals surface area contributed by atoms with Gasteiger partial charge >= 0.3 is 6.09 Å². The van der Waals surface area contributed by atoms with Crippen LogP contribution in [0.5, 0.6) is 0 Å². The largest absolute Gasteiger partial charge is 0.444 e. The Labute approximate surface area is 257 Å². The highest BCUT2D eigenvalue weighted by Gasteiger charge is 2.41. The Hall–Kier alpha value is -3.85. The van der Waals surface area contributed by atoms with Crippen LogP contribution in [-0.2, 0) is 26.3 Å². The van der Waals surface area contributed by atoms with Crippen LogP contribution in [0.25, 0.3) is 0 Å². The number of hydrogen-bond acceptors (Lipinski definition) is 6. The molecule has 0 heterocycles. The van der Waals surface area contributed by atoms with E-state index in [4.69, 9.17) is 4.74 Å². The van der Waals surface area contributed by atoms with E-state index in [-0.39, 0.29) is 30.4 Å². The number of hydrogen-bond donors (Lipinski definition) is 4. The molecular weight excluding hydrogens is 542 g/mol. The van der Waals surface area contributed by atoms with Crippen LogP contribution in [0.2, 0.25) is 0 Å². The van der Waals surface area contributed by atoms with Crippen LogP contribution in [-0.4, -0.2) is 62.1 Å².